The maximum absolute atomic E-state index is 11.8. The lowest BCUT2D eigenvalue weighted by molar-refractivity contribution is -0.153. The second kappa shape index (κ2) is 5.46. The van der Waals surface area contributed by atoms with Crippen molar-refractivity contribution in [3.63, 3.8) is 0 Å². The second-order valence-electron chi connectivity index (χ2n) is 4.24. The Hall–Kier alpha value is -1.15. The van der Waals surface area contributed by atoms with Gasteiger partial charge in [0.15, 0.2) is 6.23 Å². The molecule has 0 radical (unpaired) electrons. The van der Waals surface area contributed by atoms with E-state index in [1.807, 2.05) is 24.1 Å². The summed E-state index contributed by atoms with van der Waals surface area (Å²) in [5, 5.41) is -0.0830. The summed E-state index contributed by atoms with van der Waals surface area (Å²) in [6.07, 6.45) is 2.88. The number of carbonyl (C=O) groups excluding carboxylic acids is 1. The molecule has 0 saturated carbocycles. The van der Waals surface area contributed by atoms with Crippen LogP contribution in [-0.4, -0.2) is 48.2 Å². The second-order valence-corrected chi connectivity index (χ2v) is 5.53. The van der Waals surface area contributed by atoms with Crippen LogP contribution >= 0.6 is 11.8 Å². The first-order valence-electron chi connectivity index (χ1n) is 5.74. The molecular weight excluding hydrogens is 266 g/mol. The third-order valence-corrected chi connectivity index (χ3v) is 4.96. The monoisotopic (exact) mass is 283 g/mol. The number of nitrogens with two attached hydrogens (primary N) is 1. The standard InChI is InChI=1S/C12H17N3O3S/c1-15-9(8-4-6-14-7-5-8)19-12(18-3,10(13)16)11(15)17-2/h4-7,9,11H,1-3H3,(H2,13,16). The summed E-state index contributed by atoms with van der Waals surface area (Å²) < 4.78 is 10.8. The van der Waals surface area contributed by atoms with Crippen LogP contribution in [0.3, 0.4) is 0 Å². The van der Waals surface area contributed by atoms with Gasteiger partial charge in [0, 0.05) is 26.6 Å². The van der Waals surface area contributed by atoms with Crippen LogP contribution < -0.4 is 5.73 Å². The third kappa shape index (κ3) is 2.23. The van der Waals surface area contributed by atoms with Gasteiger partial charge in [-0.2, -0.15) is 0 Å². The summed E-state index contributed by atoms with van der Waals surface area (Å²) in [4.78, 5) is 16.5. The van der Waals surface area contributed by atoms with E-state index >= 15 is 0 Å². The first-order chi connectivity index (χ1) is 9.06. The van der Waals surface area contributed by atoms with Gasteiger partial charge in [0.1, 0.15) is 0 Å². The van der Waals surface area contributed by atoms with E-state index in [4.69, 9.17) is 15.2 Å². The number of amides is 1. The van der Waals surface area contributed by atoms with E-state index in [9.17, 15) is 4.79 Å². The quantitative estimate of drug-likeness (QED) is 0.870. The average molecular weight is 283 g/mol. The summed E-state index contributed by atoms with van der Waals surface area (Å²) >= 11 is 1.34. The Morgan fingerprint density at radius 3 is 2.53 bits per heavy atom. The van der Waals surface area contributed by atoms with E-state index in [1.165, 1.54) is 26.0 Å². The Balaban J connectivity index is 2.39. The molecule has 1 aliphatic rings. The molecule has 1 amide bonds. The highest BCUT2D eigenvalue weighted by molar-refractivity contribution is 8.01. The van der Waals surface area contributed by atoms with E-state index in [-0.39, 0.29) is 5.37 Å². The van der Waals surface area contributed by atoms with E-state index in [0.29, 0.717) is 0 Å². The number of carbonyl (C=O) groups is 1. The maximum atomic E-state index is 11.8. The zero-order valence-corrected chi connectivity index (χ0v) is 11.9. The SMILES string of the molecule is COC1N(C)C(c2ccncc2)SC1(OC)C(N)=O. The number of nitrogens with zero attached hydrogens (tertiary/aromatic N) is 2. The molecule has 2 heterocycles. The van der Waals surface area contributed by atoms with Crippen LogP contribution in [0.25, 0.3) is 0 Å². The number of aromatic nitrogens is 1. The van der Waals surface area contributed by atoms with Crippen molar-refractivity contribution in [1.29, 1.82) is 0 Å². The number of methoxy groups -OCH3 is 2. The lowest BCUT2D eigenvalue weighted by Gasteiger charge is -2.30. The highest BCUT2D eigenvalue weighted by Gasteiger charge is 2.57. The minimum atomic E-state index is -1.21. The Kier molecular flexibility index (Phi) is 4.10. The molecule has 1 aliphatic heterocycles. The minimum Gasteiger partial charge on any atom is -0.366 e. The van der Waals surface area contributed by atoms with Gasteiger partial charge in [-0.3, -0.25) is 14.7 Å². The van der Waals surface area contributed by atoms with Gasteiger partial charge in [-0.05, 0) is 24.7 Å². The molecule has 1 aromatic rings. The molecule has 104 valence electrons. The number of rotatable bonds is 4. The first kappa shape index (κ1) is 14.3. The number of primary amides is 1. The Morgan fingerprint density at radius 2 is 2.11 bits per heavy atom. The van der Waals surface area contributed by atoms with Crippen LogP contribution in [0, 0.1) is 0 Å². The van der Waals surface area contributed by atoms with Crippen LogP contribution in [0.1, 0.15) is 10.9 Å². The fourth-order valence-corrected chi connectivity index (χ4v) is 3.77. The van der Waals surface area contributed by atoms with Gasteiger partial charge in [0.2, 0.25) is 4.93 Å². The van der Waals surface area contributed by atoms with Gasteiger partial charge in [-0.25, -0.2) is 0 Å². The van der Waals surface area contributed by atoms with Crippen molar-refractivity contribution in [3.05, 3.63) is 30.1 Å². The predicted octanol–water partition coefficient (Wildman–Crippen LogP) is 0.559. The molecule has 19 heavy (non-hydrogen) atoms. The zero-order chi connectivity index (χ0) is 14.0. The van der Waals surface area contributed by atoms with Crippen molar-refractivity contribution in [2.24, 2.45) is 5.73 Å². The zero-order valence-electron chi connectivity index (χ0n) is 11.1. The summed E-state index contributed by atoms with van der Waals surface area (Å²) in [5.74, 6) is -0.546. The predicted molar refractivity (Wildman–Crippen MR) is 72.1 cm³/mol. The largest absolute Gasteiger partial charge is 0.366 e. The summed E-state index contributed by atoms with van der Waals surface area (Å²) in [5.41, 5.74) is 6.53. The van der Waals surface area contributed by atoms with Gasteiger partial charge in [-0.1, -0.05) is 11.8 Å². The molecule has 7 heteroatoms. The maximum Gasteiger partial charge on any atom is 0.264 e. The van der Waals surface area contributed by atoms with E-state index in [0.717, 1.165) is 5.56 Å². The van der Waals surface area contributed by atoms with E-state index in [1.54, 1.807) is 12.4 Å². The lowest BCUT2D eigenvalue weighted by atomic mass is 10.2. The van der Waals surface area contributed by atoms with Gasteiger partial charge < -0.3 is 15.2 Å². The number of likely N-dealkylation sites (N-methyl/N-ethyl adjacent to an activating group) is 1. The van der Waals surface area contributed by atoms with Crippen LogP contribution in [0.5, 0.6) is 0 Å². The fraction of sp³-hybridized carbons (Fsp3) is 0.500. The van der Waals surface area contributed by atoms with Gasteiger partial charge in [-0.15, -0.1) is 0 Å². The normalized spacial score (nSPS) is 31.5. The molecule has 6 nitrogen and oxygen atoms in total. The summed E-state index contributed by atoms with van der Waals surface area (Å²) in [6.45, 7) is 0. The van der Waals surface area contributed by atoms with E-state index < -0.39 is 17.1 Å². The Bertz CT molecular complexity index is 459. The van der Waals surface area contributed by atoms with Crippen molar-refractivity contribution in [1.82, 2.24) is 9.88 Å². The number of thioether (sulfide) groups is 1. The number of hydrogen-bond donors (Lipinski definition) is 1. The smallest absolute Gasteiger partial charge is 0.264 e. The Morgan fingerprint density at radius 1 is 1.47 bits per heavy atom. The summed E-state index contributed by atoms with van der Waals surface area (Å²) in [6, 6.07) is 3.79. The number of ether oxygens (including phenoxy) is 2. The van der Waals surface area contributed by atoms with Crippen LogP contribution in [-0.2, 0) is 14.3 Å². The molecule has 0 aliphatic carbocycles. The van der Waals surface area contributed by atoms with Gasteiger partial charge in [0.05, 0.1) is 5.37 Å². The number of hydrogen-bond acceptors (Lipinski definition) is 6. The van der Waals surface area contributed by atoms with Gasteiger partial charge in [0.25, 0.3) is 5.91 Å². The summed E-state index contributed by atoms with van der Waals surface area (Å²) in [7, 11) is 4.87. The lowest BCUT2D eigenvalue weighted by Crippen LogP contribution is -2.53. The Labute approximate surface area is 116 Å². The van der Waals surface area contributed by atoms with Crippen molar-refractivity contribution < 1.29 is 14.3 Å². The molecule has 0 aromatic carbocycles. The van der Waals surface area contributed by atoms with Crippen molar-refractivity contribution >= 4 is 17.7 Å². The topological polar surface area (TPSA) is 77.7 Å². The molecule has 0 bridgehead atoms. The first-order valence-corrected chi connectivity index (χ1v) is 6.62. The molecule has 2 N–H and O–H groups in total. The van der Waals surface area contributed by atoms with E-state index in [2.05, 4.69) is 4.98 Å². The molecule has 3 unspecified atom stereocenters. The molecule has 1 saturated heterocycles. The molecule has 3 atom stereocenters. The highest BCUT2D eigenvalue weighted by Crippen LogP contribution is 2.52. The molecule has 2 rings (SSSR count). The number of pyridine rings is 1. The third-order valence-electron chi connectivity index (χ3n) is 3.21. The molecule has 0 spiro atoms. The average Bonchev–Trinajstić information content (AvgIpc) is 2.73. The van der Waals surface area contributed by atoms with Crippen LogP contribution in [0.15, 0.2) is 24.5 Å². The minimum absolute atomic E-state index is 0.0830. The molecular formula is C12H17N3O3S. The van der Waals surface area contributed by atoms with Crippen LogP contribution in [0.2, 0.25) is 0 Å². The van der Waals surface area contributed by atoms with Crippen molar-refractivity contribution in [2.45, 2.75) is 16.5 Å². The molecule has 1 aromatic heterocycles. The molecule has 1 fully saturated rings. The van der Waals surface area contributed by atoms with Crippen molar-refractivity contribution in [3.8, 4) is 0 Å². The van der Waals surface area contributed by atoms with Crippen LogP contribution in [0.4, 0.5) is 0 Å². The van der Waals surface area contributed by atoms with Gasteiger partial charge >= 0.3 is 0 Å². The highest BCUT2D eigenvalue weighted by atomic mass is 32.2. The van der Waals surface area contributed by atoms with Crippen molar-refractivity contribution in [2.75, 3.05) is 21.3 Å². The fourth-order valence-electron chi connectivity index (χ4n) is 2.28.